The zero-order valence-electron chi connectivity index (χ0n) is 17.0. The van der Waals surface area contributed by atoms with E-state index in [0.717, 1.165) is 19.5 Å². The molecule has 1 unspecified atom stereocenters. The van der Waals surface area contributed by atoms with Gasteiger partial charge in [-0.1, -0.05) is 49.4 Å². The first kappa shape index (κ1) is 19.2. The molecule has 2 saturated heterocycles. The number of likely N-dealkylation sites (tertiary alicyclic amines) is 1. The SMILES string of the molecule is CCC(O)N1CCC2(CC1)C[C@H]2c1ccc(-c2cccc(C3NNNN3)c2)cc1. The summed E-state index contributed by atoms with van der Waals surface area (Å²) < 4.78 is 0. The molecule has 2 atom stereocenters. The minimum absolute atomic E-state index is 0.0534. The van der Waals surface area contributed by atoms with Crippen LogP contribution in [0.25, 0.3) is 11.1 Å². The Morgan fingerprint density at radius 1 is 1.00 bits per heavy atom. The first-order chi connectivity index (χ1) is 14.2. The Balaban J connectivity index is 1.26. The number of hydrogen-bond donors (Lipinski definition) is 5. The average molecular weight is 394 g/mol. The summed E-state index contributed by atoms with van der Waals surface area (Å²) in [7, 11) is 0. The zero-order valence-corrected chi connectivity index (χ0v) is 17.0. The number of nitrogens with one attached hydrogen (secondary N) is 4. The van der Waals surface area contributed by atoms with Crippen molar-refractivity contribution in [3.63, 3.8) is 0 Å². The number of hydrazine groups is 3. The van der Waals surface area contributed by atoms with Crippen LogP contribution in [0.15, 0.2) is 48.5 Å². The van der Waals surface area contributed by atoms with Crippen LogP contribution in [-0.2, 0) is 0 Å². The predicted molar refractivity (Wildman–Crippen MR) is 114 cm³/mol. The summed E-state index contributed by atoms with van der Waals surface area (Å²) in [6.45, 7) is 4.12. The third kappa shape index (κ3) is 3.72. The Labute approximate surface area is 172 Å². The lowest BCUT2D eigenvalue weighted by molar-refractivity contribution is -0.0222. The second kappa shape index (κ2) is 7.80. The van der Waals surface area contributed by atoms with Crippen molar-refractivity contribution in [1.82, 2.24) is 26.8 Å². The van der Waals surface area contributed by atoms with E-state index in [-0.39, 0.29) is 12.4 Å². The molecule has 5 rings (SSSR count). The zero-order chi connectivity index (χ0) is 19.8. The van der Waals surface area contributed by atoms with Crippen LogP contribution in [-0.4, -0.2) is 29.3 Å². The molecule has 0 amide bonds. The van der Waals surface area contributed by atoms with Gasteiger partial charge in [0.2, 0.25) is 0 Å². The van der Waals surface area contributed by atoms with Crippen molar-refractivity contribution >= 4 is 0 Å². The first-order valence-electron chi connectivity index (χ1n) is 10.8. The molecule has 2 heterocycles. The third-order valence-electron chi connectivity index (χ3n) is 7.13. The highest BCUT2D eigenvalue weighted by Gasteiger charge is 2.55. The number of nitrogens with zero attached hydrogens (tertiary/aromatic N) is 1. The van der Waals surface area contributed by atoms with Crippen molar-refractivity contribution in [3.8, 4) is 11.1 Å². The Hall–Kier alpha value is -1.80. The van der Waals surface area contributed by atoms with Gasteiger partial charge in [0.15, 0.2) is 0 Å². The second-order valence-corrected chi connectivity index (χ2v) is 8.76. The van der Waals surface area contributed by atoms with E-state index in [9.17, 15) is 5.11 Å². The molecule has 2 aromatic carbocycles. The fourth-order valence-corrected chi connectivity index (χ4v) is 5.12. The molecule has 1 spiro atoms. The number of hydrogen-bond acceptors (Lipinski definition) is 6. The molecule has 6 nitrogen and oxygen atoms in total. The Kier molecular flexibility index (Phi) is 5.16. The van der Waals surface area contributed by atoms with E-state index in [4.69, 9.17) is 0 Å². The van der Waals surface area contributed by atoms with Crippen LogP contribution in [0.4, 0.5) is 0 Å². The number of benzene rings is 2. The highest BCUT2D eigenvalue weighted by Crippen LogP contribution is 2.65. The number of aliphatic hydroxyl groups is 1. The summed E-state index contributed by atoms with van der Waals surface area (Å²) in [5.74, 6) is 0.688. The molecule has 2 aliphatic heterocycles. The Morgan fingerprint density at radius 3 is 2.41 bits per heavy atom. The van der Waals surface area contributed by atoms with Gasteiger partial charge in [-0.05, 0) is 65.3 Å². The van der Waals surface area contributed by atoms with Crippen LogP contribution in [0, 0.1) is 5.41 Å². The summed E-state index contributed by atoms with van der Waals surface area (Å²) in [6, 6.07) is 17.8. The predicted octanol–water partition coefficient (Wildman–Crippen LogP) is 2.77. The molecule has 0 radical (unpaired) electrons. The molecule has 0 bridgehead atoms. The molecular weight excluding hydrogens is 362 g/mol. The van der Waals surface area contributed by atoms with Gasteiger partial charge in [0.25, 0.3) is 0 Å². The van der Waals surface area contributed by atoms with Gasteiger partial charge in [-0.3, -0.25) is 4.90 Å². The van der Waals surface area contributed by atoms with Crippen LogP contribution >= 0.6 is 0 Å². The maximum atomic E-state index is 10.1. The number of piperidine rings is 1. The van der Waals surface area contributed by atoms with Crippen molar-refractivity contribution in [2.75, 3.05) is 13.1 Å². The minimum atomic E-state index is -0.263. The van der Waals surface area contributed by atoms with E-state index in [1.54, 1.807) is 0 Å². The largest absolute Gasteiger partial charge is 0.378 e. The van der Waals surface area contributed by atoms with Gasteiger partial charge in [0.1, 0.15) is 12.4 Å². The van der Waals surface area contributed by atoms with Crippen LogP contribution in [0.5, 0.6) is 0 Å². The second-order valence-electron chi connectivity index (χ2n) is 8.76. The lowest BCUT2D eigenvalue weighted by atomic mass is 9.88. The lowest BCUT2D eigenvalue weighted by Crippen LogP contribution is -2.41. The maximum absolute atomic E-state index is 10.1. The molecule has 1 saturated carbocycles. The van der Waals surface area contributed by atoms with E-state index in [0.29, 0.717) is 11.3 Å². The standard InChI is InChI=1S/C23H31N5O/c1-2-21(29)28-12-10-23(11-13-28)15-20(23)17-8-6-16(7-9-17)18-4-3-5-19(14-18)22-24-26-27-25-22/h3-9,14,20-22,24-27,29H,2,10-13,15H2,1H3/t20-,21?/m0/s1. The maximum Gasteiger partial charge on any atom is 0.111 e. The molecule has 5 N–H and O–H groups in total. The molecule has 1 aliphatic carbocycles. The fraction of sp³-hybridized carbons (Fsp3) is 0.478. The topological polar surface area (TPSA) is 71.6 Å². The van der Waals surface area contributed by atoms with E-state index >= 15 is 0 Å². The summed E-state index contributed by atoms with van der Waals surface area (Å²) in [5, 5.41) is 10.1. The van der Waals surface area contributed by atoms with Crippen molar-refractivity contribution in [3.05, 3.63) is 59.7 Å². The van der Waals surface area contributed by atoms with Crippen molar-refractivity contribution < 1.29 is 5.11 Å². The van der Waals surface area contributed by atoms with Gasteiger partial charge < -0.3 is 5.11 Å². The Bertz CT molecular complexity index is 841. The molecule has 2 aromatic rings. The van der Waals surface area contributed by atoms with E-state index in [1.165, 1.54) is 41.5 Å². The van der Waals surface area contributed by atoms with E-state index in [1.807, 2.05) is 0 Å². The molecular formula is C23H31N5O. The lowest BCUT2D eigenvalue weighted by Gasteiger charge is -2.35. The van der Waals surface area contributed by atoms with Crippen LogP contribution in [0.3, 0.4) is 0 Å². The molecule has 6 heteroatoms. The number of aliphatic hydroxyl groups excluding tert-OH is 1. The normalized spacial score (nSPS) is 25.4. The first-order valence-corrected chi connectivity index (χ1v) is 10.8. The van der Waals surface area contributed by atoms with Gasteiger partial charge in [0.05, 0.1) is 0 Å². The van der Waals surface area contributed by atoms with Crippen molar-refractivity contribution in [2.24, 2.45) is 5.41 Å². The fourth-order valence-electron chi connectivity index (χ4n) is 5.12. The quantitative estimate of drug-likeness (QED) is 0.538. The number of rotatable bonds is 5. The highest BCUT2D eigenvalue weighted by molar-refractivity contribution is 5.65. The summed E-state index contributed by atoms with van der Waals surface area (Å²) in [5.41, 5.74) is 17.6. The molecule has 29 heavy (non-hydrogen) atoms. The van der Waals surface area contributed by atoms with Gasteiger partial charge in [-0.2, -0.15) is 11.1 Å². The van der Waals surface area contributed by atoms with Crippen molar-refractivity contribution in [1.29, 1.82) is 0 Å². The molecule has 154 valence electrons. The van der Waals surface area contributed by atoms with Gasteiger partial charge in [-0.15, -0.1) is 0 Å². The van der Waals surface area contributed by atoms with Crippen LogP contribution in [0.1, 0.15) is 55.8 Å². The third-order valence-corrected chi connectivity index (χ3v) is 7.13. The van der Waals surface area contributed by atoms with E-state index in [2.05, 4.69) is 82.3 Å². The summed E-state index contributed by atoms with van der Waals surface area (Å²) in [4.78, 5) is 2.25. The summed E-state index contributed by atoms with van der Waals surface area (Å²) in [6.07, 6.45) is 4.33. The van der Waals surface area contributed by atoms with Crippen LogP contribution in [0.2, 0.25) is 0 Å². The van der Waals surface area contributed by atoms with Gasteiger partial charge in [0, 0.05) is 13.1 Å². The average Bonchev–Trinajstić information content (AvgIpc) is 3.20. The minimum Gasteiger partial charge on any atom is -0.378 e. The van der Waals surface area contributed by atoms with E-state index < -0.39 is 0 Å². The monoisotopic (exact) mass is 393 g/mol. The molecule has 3 fully saturated rings. The van der Waals surface area contributed by atoms with Crippen LogP contribution < -0.4 is 21.9 Å². The molecule has 0 aromatic heterocycles. The molecule has 3 aliphatic rings. The summed E-state index contributed by atoms with van der Waals surface area (Å²) >= 11 is 0. The van der Waals surface area contributed by atoms with Gasteiger partial charge >= 0.3 is 0 Å². The smallest absolute Gasteiger partial charge is 0.111 e. The van der Waals surface area contributed by atoms with Gasteiger partial charge in [-0.25, -0.2) is 10.9 Å². The van der Waals surface area contributed by atoms with Crippen molar-refractivity contribution in [2.45, 2.75) is 50.9 Å². The highest BCUT2D eigenvalue weighted by atomic mass is 16.3. The Morgan fingerprint density at radius 2 is 1.72 bits per heavy atom.